The Morgan fingerprint density at radius 1 is 1.27 bits per heavy atom. The molecule has 6 nitrogen and oxygen atoms in total. The number of nitrogens with zero attached hydrogens (tertiary/aromatic N) is 2. The molecule has 1 aliphatic rings. The van der Waals surface area contributed by atoms with Crippen LogP contribution in [-0.4, -0.2) is 37.2 Å². The van der Waals surface area contributed by atoms with Crippen LogP contribution in [0.15, 0.2) is 22.5 Å². The minimum Gasteiger partial charge on any atom is -0.486 e. The number of alkyl halides is 3. The number of rotatable bonds is 6. The largest absolute Gasteiger partial charge is 0.486 e. The number of thiazole rings is 1. The number of ether oxygens (including phenoxy) is 2. The molecular formula is C18H21ClF3IN4O2S. The highest BCUT2D eigenvalue weighted by Crippen LogP contribution is 2.38. The molecule has 1 aromatic heterocycles. The molecule has 0 saturated carbocycles. The van der Waals surface area contributed by atoms with Crippen molar-refractivity contribution in [1.82, 2.24) is 15.6 Å². The van der Waals surface area contributed by atoms with Gasteiger partial charge in [-0.15, -0.1) is 35.3 Å². The number of hydrogen-bond donors (Lipinski definition) is 2. The van der Waals surface area contributed by atoms with Gasteiger partial charge in [-0.1, -0.05) is 11.6 Å². The van der Waals surface area contributed by atoms with E-state index in [1.165, 1.54) is 0 Å². The van der Waals surface area contributed by atoms with E-state index in [2.05, 4.69) is 20.6 Å². The van der Waals surface area contributed by atoms with Crippen LogP contribution in [0.2, 0.25) is 5.02 Å². The van der Waals surface area contributed by atoms with Gasteiger partial charge in [0, 0.05) is 18.5 Å². The third kappa shape index (κ3) is 6.77. The van der Waals surface area contributed by atoms with E-state index >= 15 is 0 Å². The Labute approximate surface area is 198 Å². The van der Waals surface area contributed by atoms with E-state index in [9.17, 15) is 13.2 Å². The Morgan fingerprint density at radius 2 is 2.03 bits per heavy atom. The third-order valence-corrected chi connectivity index (χ3v) is 5.04. The van der Waals surface area contributed by atoms with E-state index in [0.717, 1.165) is 22.3 Å². The minimum atomic E-state index is -4.44. The number of benzene rings is 1. The SMILES string of the molecule is CCNC(=NCc1nc(C(F)(F)F)cs1)NCCc1cc(Cl)c2c(c1)OCCO2.I. The van der Waals surface area contributed by atoms with Crippen LogP contribution < -0.4 is 20.1 Å². The molecule has 0 radical (unpaired) electrons. The third-order valence-electron chi connectivity index (χ3n) is 3.92. The summed E-state index contributed by atoms with van der Waals surface area (Å²) in [5.74, 6) is 1.69. The quantitative estimate of drug-likeness (QED) is 0.301. The Balaban J connectivity index is 0.00000320. The first-order chi connectivity index (χ1) is 13.9. The molecule has 3 rings (SSSR count). The fourth-order valence-corrected chi connectivity index (χ4v) is 3.65. The molecule has 0 bridgehead atoms. The Bertz CT molecular complexity index is 880. The number of fused-ring (bicyclic) bond motifs is 1. The van der Waals surface area contributed by atoms with E-state index in [4.69, 9.17) is 21.1 Å². The molecule has 0 fully saturated rings. The molecule has 0 aliphatic carbocycles. The van der Waals surface area contributed by atoms with Crippen molar-refractivity contribution in [3.05, 3.63) is 38.8 Å². The van der Waals surface area contributed by atoms with Crippen molar-refractivity contribution in [3.8, 4) is 11.5 Å². The van der Waals surface area contributed by atoms with E-state index in [1.807, 2.05) is 19.1 Å². The van der Waals surface area contributed by atoms with Crippen LogP contribution >= 0.6 is 46.9 Å². The molecule has 12 heteroatoms. The van der Waals surface area contributed by atoms with Crippen LogP contribution in [0.3, 0.4) is 0 Å². The molecule has 2 heterocycles. The zero-order valence-electron chi connectivity index (χ0n) is 16.0. The predicted octanol–water partition coefficient (Wildman–Crippen LogP) is 4.50. The van der Waals surface area contributed by atoms with E-state index in [1.54, 1.807) is 0 Å². The molecule has 0 spiro atoms. The van der Waals surface area contributed by atoms with Gasteiger partial charge in [0.05, 0.1) is 11.6 Å². The number of aliphatic imine (C=N–C) groups is 1. The summed E-state index contributed by atoms with van der Waals surface area (Å²) in [6, 6.07) is 3.72. The number of guanidine groups is 1. The highest BCUT2D eigenvalue weighted by molar-refractivity contribution is 14.0. The highest BCUT2D eigenvalue weighted by atomic mass is 127. The second-order valence-corrected chi connectivity index (χ2v) is 7.45. The molecule has 0 amide bonds. The Kier molecular flexibility index (Phi) is 9.29. The van der Waals surface area contributed by atoms with Crippen LogP contribution in [0.25, 0.3) is 0 Å². The number of aromatic nitrogens is 1. The van der Waals surface area contributed by atoms with E-state index < -0.39 is 11.9 Å². The van der Waals surface area contributed by atoms with Crippen molar-refractivity contribution in [3.63, 3.8) is 0 Å². The average molecular weight is 577 g/mol. The first kappa shape index (κ1) is 24.8. The first-order valence-electron chi connectivity index (χ1n) is 8.98. The molecule has 30 heavy (non-hydrogen) atoms. The van der Waals surface area contributed by atoms with Gasteiger partial charge in [-0.25, -0.2) is 9.98 Å². The lowest BCUT2D eigenvalue weighted by molar-refractivity contribution is -0.140. The maximum absolute atomic E-state index is 12.6. The zero-order chi connectivity index (χ0) is 20.9. The van der Waals surface area contributed by atoms with Crippen molar-refractivity contribution in [2.45, 2.75) is 26.1 Å². The van der Waals surface area contributed by atoms with Crippen LogP contribution in [0.4, 0.5) is 13.2 Å². The zero-order valence-corrected chi connectivity index (χ0v) is 19.9. The van der Waals surface area contributed by atoms with Crippen molar-refractivity contribution in [2.75, 3.05) is 26.3 Å². The monoisotopic (exact) mass is 576 g/mol. The minimum absolute atomic E-state index is 0. The normalized spacial score (nSPS) is 13.6. The summed E-state index contributed by atoms with van der Waals surface area (Å²) in [6.07, 6.45) is -3.79. The highest BCUT2D eigenvalue weighted by Gasteiger charge is 2.33. The molecule has 0 atom stereocenters. The Morgan fingerprint density at radius 3 is 2.73 bits per heavy atom. The van der Waals surface area contributed by atoms with Crippen LogP contribution in [0, 0.1) is 0 Å². The predicted molar refractivity (Wildman–Crippen MR) is 121 cm³/mol. The van der Waals surface area contributed by atoms with Gasteiger partial charge < -0.3 is 20.1 Å². The van der Waals surface area contributed by atoms with Gasteiger partial charge in [0.25, 0.3) is 0 Å². The molecule has 2 N–H and O–H groups in total. The maximum atomic E-state index is 12.6. The average Bonchev–Trinajstić information content (AvgIpc) is 3.16. The smallest absolute Gasteiger partial charge is 0.434 e. The van der Waals surface area contributed by atoms with E-state index in [-0.39, 0.29) is 30.5 Å². The summed E-state index contributed by atoms with van der Waals surface area (Å²) in [6.45, 7) is 4.09. The van der Waals surface area contributed by atoms with Crippen molar-refractivity contribution < 1.29 is 22.6 Å². The summed E-state index contributed by atoms with van der Waals surface area (Å²) in [5.41, 5.74) is 0.0819. The summed E-state index contributed by atoms with van der Waals surface area (Å²) < 4.78 is 49.0. The van der Waals surface area contributed by atoms with Gasteiger partial charge >= 0.3 is 6.18 Å². The van der Waals surface area contributed by atoms with Crippen molar-refractivity contribution in [2.24, 2.45) is 4.99 Å². The molecule has 0 saturated heterocycles. The molecule has 1 aliphatic heterocycles. The van der Waals surface area contributed by atoms with Crippen molar-refractivity contribution >= 4 is 52.9 Å². The molecule has 2 aromatic rings. The van der Waals surface area contributed by atoms with Crippen LogP contribution in [-0.2, 0) is 19.1 Å². The summed E-state index contributed by atoms with van der Waals surface area (Å²) in [4.78, 5) is 7.88. The Hall–Kier alpha value is -1.47. The molecule has 0 unspecified atom stereocenters. The maximum Gasteiger partial charge on any atom is 0.434 e. The summed E-state index contributed by atoms with van der Waals surface area (Å²) in [7, 11) is 0. The standard InChI is InChI=1S/C18H20ClF3N4O2S.HI/c1-2-23-17(25-9-15-26-14(10-29-15)18(20,21)22)24-4-3-11-7-12(19)16-13(8-11)27-5-6-28-16;/h7-8,10H,2-6,9H2,1H3,(H2,23,24,25);1H. The topological polar surface area (TPSA) is 67.8 Å². The second-order valence-electron chi connectivity index (χ2n) is 6.10. The van der Waals surface area contributed by atoms with Gasteiger partial charge in [0.2, 0.25) is 0 Å². The number of hydrogen-bond acceptors (Lipinski definition) is 5. The van der Waals surface area contributed by atoms with Crippen molar-refractivity contribution in [1.29, 1.82) is 0 Å². The van der Waals surface area contributed by atoms with Crippen LogP contribution in [0.1, 0.15) is 23.2 Å². The lowest BCUT2D eigenvalue weighted by atomic mass is 10.1. The van der Waals surface area contributed by atoms with Gasteiger partial charge in [-0.3, -0.25) is 0 Å². The molecule has 1 aromatic carbocycles. The second kappa shape index (κ2) is 11.2. The van der Waals surface area contributed by atoms with Crippen LogP contribution in [0.5, 0.6) is 11.5 Å². The first-order valence-corrected chi connectivity index (χ1v) is 10.2. The van der Waals surface area contributed by atoms with E-state index in [0.29, 0.717) is 60.2 Å². The number of halogens is 5. The lowest BCUT2D eigenvalue weighted by Crippen LogP contribution is -2.38. The summed E-state index contributed by atoms with van der Waals surface area (Å²) in [5, 5.41) is 8.01. The fourth-order valence-electron chi connectivity index (χ4n) is 2.64. The summed E-state index contributed by atoms with van der Waals surface area (Å²) >= 11 is 7.18. The molecular weight excluding hydrogens is 556 g/mol. The lowest BCUT2D eigenvalue weighted by Gasteiger charge is -2.20. The van der Waals surface area contributed by atoms with Gasteiger partial charge in [-0.2, -0.15) is 13.2 Å². The van der Waals surface area contributed by atoms with Gasteiger partial charge in [0.15, 0.2) is 23.2 Å². The van der Waals surface area contributed by atoms with Gasteiger partial charge in [-0.05, 0) is 31.0 Å². The van der Waals surface area contributed by atoms with Gasteiger partial charge in [0.1, 0.15) is 18.2 Å². The number of nitrogens with one attached hydrogen (secondary N) is 2. The molecule has 166 valence electrons. The fraction of sp³-hybridized carbons (Fsp3) is 0.444.